The van der Waals surface area contributed by atoms with Crippen LogP contribution in [0.1, 0.15) is 15.9 Å². The van der Waals surface area contributed by atoms with Gasteiger partial charge in [0, 0.05) is 11.3 Å². The first-order valence-corrected chi connectivity index (χ1v) is 8.77. The van der Waals surface area contributed by atoms with Crippen molar-refractivity contribution in [1.82, 2.24) is 5.32 Å². The number of amides is 2. The highest BCUT2D eigenvalue weighted by molar-refractivity contribution is 5.97. The molecule has 31 heavy (non-hydrogen) atoms. The summed E-state index contributed by atoms with van der Waals surface area (Å²) in [7, 11) is 2.86. The lowest BCUT2D eigenvalue weighted by Gasteiger charge is -2.10. The van der Waals surface area contributed by atoms with Gasteiger partial charge in [-0.25, -0.2) is 0 Å². The molecule has 0 aliphatic carbocycles. The van der Waals surface area contributed by atoms with Gasteiger partial charge in [0.25, 0.3) is 11.8 Å². The van der Waals surface area contributed by atoms with Crippen LogP contribution in [0.4, 0.5) is 18.9 Å². The average Bonchev–Trinajstić information content (AvgIpc) is 2.75. The zero-order valence-corrected chi connectivity index (χ0v) is 16.5. The minimum Gasteiger partial charge on any atom is -0.493 e. The molecular weight excluding hydrogens is 421 g/mol. The van der Waals surface area contributed by atoms with E-state index < -0.39 is 42.7 Å². The van der Waals surface area contributed by atoms with Crippen molar-refractivity contribution in [3.05, 3.63) is 53.6 Å². The molecule has 2 aromatic rings. The molecule has 0 fully saturated rings. The third-order valence-electron chi connectivity index (χ3n) is 3.90. The summed E-state index contributed by atoms with van der Waals surface area (Å²) in [5.41, 5.74) is -0.538. The molecule has 0 heterocycles. The molecule has 0 aliphatic heterocycles. The largest absolute Gasteiger partial charge is 0.493 e. The van der Waals surface area contributed by atoms with Gasteiger partial charge < -0.3 is 24.8 Å². The number of hydrogen-bond donors (Lipinski definition) is 2. The molecule has 2 rings (SSSR count). The van der Waals surface area contributed by atoms with Crippen molar-refractivity contribution in [1.29, 1.82) is 0 Å². The molecule has 0 bridgehead atoms. The zero-order chi connectivity index (χ0) is 23.0. The van der Waals surface area contributed by atoms with Crippen LogP contribution in [0.5, 0.6) is 11.5 Å². The van der Waals surface area contributed by atoms with Crippen LogP contribution in [0.15, 0.2) is 42.5 Å². The van der Waals surface area contributed by atoms with Gasteiger partial charge in [0.1, 0.15) is 6.54 Å². The molecule has 0 aliphatic rings. The maximum absolute atomic E-state index is 12.5. The summed E-state index contributed by atoms with van der Waals surface area (Å²) < 4.78 is 52.4. The van der Waals surface area contributed by atoms with Crippen molar-refractivity contribution in [2.45, 2.75) is 6.18 Å². The highest BCUT2D eigenvalue weighted by Crippen LogP contribution is 2.30. The van der Waals surface area contributed by atoms with E-state index in [4.69, 9.17) is 14.2 Å². The van der Waals surface area contributed by atoms with Crippen LogP contribution >= 0.6 is 0 Å². The number of nitrogens with one attached hydrogen (secondary N) is 2. The van der Waals surface area contributed by atoms with Gasteiger partial charge in [-0.05, 0) is 42.5 Å². The first kappa shape index (κ1) is 23.5. The third kappa shape index (κ3) is 6.91. The Morgan fingerprint density at radius 1 is 0.935 bits per heavy atom. The Morgan fingerprint density at radius 3 is 2.16 bits per heavy atom. The van der Waals surface area contributed by atoms with Crippen LogP contribution < -0.4 is 20.1 Å². The third-order valence-corrected chi connectivity index (χ3v) is 3.90. The topological polar surface area (TPSA) is 103 Å². The van der Waals surface area contributed by atoms with Gasteiger partial charge in [0.05, 0.1) is 19.8 Å². The number of halogens is 3. The van der Waals surface area contributed by atoms with E-state index in [-0.39, 0.29) is 11.3 Å². The van der Waals surface area contributed by atoms with Gasteiger partial charge in [-0.3, -0.25) is 14.4 Å². The summed E-state index contributed by atoms with van der Waals surface area (Å²) in [5, 5.41) is 4.63. The van der Waals surface area contributed by atoms with Gasteiger partial charge in [-0.2, -0.15) is 13.2 Å². The number of hydrogen-bond acceptors (Lipinski definition) is 6. The number of ether oxygens (including phenoxy) is 3. The quantitative estimate of drug-likeness (QED) is 0.612. The predicted octanol–water partition coefficient (Wildman–Crippen LogP) is 2.63. The van der Waals surface area contributed by atoms with E-state index in [0.29, 0.717) is 11.5 Å². The molecule has 2 aromatic carbocycles. The Labute approximate surface area is 175 Å². The van der Waals surface area contributed by atoms with Crippen LogP contribution in [0, 0.1) is 0 Å². The first-order chi connectivity index (χ1) is 14.6. The number of anilines is 1. The lowest BCUT2D eigenvalue weighted by Crippen LogP contribution is -2.32. The normalized spacial score (nSPS) is 10.7. The van der Waals surface area contributed by atoms with Crippen molar-refractivity contribution in [2.75, 3.05) is 32.7 Å². The number of rotatable bonds is 8. The van der Waals surface area contributed by atoms with Crippen molar-refractivity contribution in [2.24, 2.45) is 0 Å². The van der Waals surface area contributed by atoms with Gasteiger partial charge >= 0.3 is 12.1 Å². The van der Waals surface area contributed by atoms with E-state index in [2.05, 4.69) is 10.6 Å². The molecule has 11 heteroatoms. The van der Waals surface area contributed by atoms with Crippen LogP contribution in [0.3, 0.4) is 0 Å². The molecule has 0 atom stereocenters. The molecule has 0 spiro atoms. The second-order valence-corrected chi connectivity index (χ2v) is 6.04. The Morgan fingerprint density at radius 2 is 1.58 bits per heavy atom. The summed E-state index contributed by atoms with van der Waals surface area (Å²) in [6.45, 7) is -1.17. The molecule has 0 radical (unpaired) electrons. The maximum atomic E-state index is 12.5. The van der Waals surface area contributed by atoms with Crippen LogP contribution in [-0.4, -0.2) is 45.2 Å². The Balaban J connectivity index is 1.78. The Bertz CT molecular complexity index is 945. The van der Waals surface area contributed by atoms with E-state index in [1.54, 1.807) is 0 Å². The molecule has 166 valence electrons. The molecule has 0 aromatic heterocycles. The molecule has 2 amide bonds. The highest BCUT2D eigenvalue weighted by atomic mass is 19.4. The van der Waals surface area contributed by atoms with E-state index >= 15 is 0 Å². The fourth-order valence-electron chi connectivity index (χ4n) is 2.37. The number of benzene rings is 2. The highest BCUT2D eigenvalue weighted by Gasteiger charge is 2.30. The fraction of sp³-hybridized carbons (Fsp3) is 0.250. The zero-order valence-electron chi connectivity index (χ0n) is 16.5. The Hall–Kier alpha value is -3.76. The SMILES string of the molecule is COc1ccc(C(=O)NCC(=O)OCC(=O)Nc2ccc(C(F)(F)F)cc2)cc1OC. The number of alkyl halides is 3. The standard InChI is InChI=1S/C20H19F3N2O6/c1-29-15-8-3-12(9-16(15)30-2)19(28)24-10-18(27)31-11-17(26)25-14-6-4-13(5-7-14)20(21,22)23/h3-9H,10-11H2,1-2H3,(H,24,28)(H,25,26). The number of methoxy groups -OCH3 is 2. The van der Waals surface area contributed by atoms with Gasteiger partial charge in [0.2, 0.25) is 0 Å². The average molecular weight is 440 g/mol. The van der Waals surface area contributed by atoms with Gasteiger partial charge in [0.15, 0.2) is 18.1 Å². The molecule has 2 N–H and O–H groups in total. The minimum atomic E-state index is -4.49. The predicted molar refractivity (Wildman–Crippen MR) is 103 cm³/mol. The molecular formula is C20H19F3N2O6. The summed E-state index contributed by atoms with van der Waals surface area (Å²) >= 11 is 0. The lowest BCUT2D eigenvalue weighted by molar-refractivity contribution is -0.146. The second kappa shape index (κ2) is 10.3. The van der Waals surface area contributed by atoms with Gasteiger partial charge in [-0.1, -0.05) is 0 Å². The number of carbonyl (C=O) groups is 3. The van der Waals surface area contributed by atoms with E-state index in [0.717, 1.165) is 24.3 Å². The first-order valence-electron chi connectivity index (χ1n) is 8.77. The Kier molecular flexibility index (Phi) is 7.83. The minimum absolute atomic E-state index is 0.107. The summed E-state index contributed by atoms with van der Waals surface area (Å²) in [6, 6.07) is 8.20. The fourth-order valence-corrected chi connectivity index (χ4v) is 2.37. The summed E-state index contributed by atoms with van der Waals surface area (Å²) in [5.74, 6) is -1.45. The second-order valence-electron chi connectivity index (χ2n) is 6.04. The van der Waals surface area contributed by atoms with Crippen molar-refractivity contribution in [3.8, 4) is 11.5 Å². The maximum Gasteiger partial charge on any atom is 0.416 e. The van der Waals surface area contributed by atoms with Crippen molar-refractivity contribution < 1.29 is 41.8 Å². The molecule has 0 unspecified atom stereocenters. The molecule has 0 saturated carbocycles. The van der Waals surface area contributed by atoms with E-state index in [1.165, 1.54) is 32.4 Å². The number of carbonyl (C=O) groups excluding carboxylic acids is 3. The smallest absolute Gasteiger partial charge is 0.416 e. The van der Waals surface area contributed by atoms with E-state index in [9.17, 15) is 27.6 Å². The van der Waals surface area contributed by atoms with Crippen LogP contribution in [0.25, 0.3) is 0 Å². The van der Waals surface area contributed by atoms with Crippen LogP contribution in [-0.2, 0) is 20.5 Å². The van der Waals surface area contributed by atoms with Crippen molar-refractivity contribution >= 4 is 23.5 Å². The van der Waals surface area contributed by atoms with E-state index in [1.807, 2.05) is 0 Å². The lowest BCUT2D eigenvalue weighted by atomic mass is 10.2. The molecule has 0 saturated heterocycles. The van der Waals surface area contributed by atoms with Gasteiger partial charge in [-0.15, -0.1) is 0 Å². The number of esters is 1. The monoisotopic (exact) mass is 440 g/mol. The molecule has 8 nitrogen and oxygen atoms in total. The van der Waals surface area contributed by atoms with Crippen LogP contribution in [0.2, 0.25) is 0 Å². The summed E-state index contributed by atoms with van der Waals surface area (Å²) in [6.07, 6.45) is -4.49. The summed E-state index contributed by atoms with van der Waals surface area (Å²) in [4.78, 5) is 35.6. The van der Waals surface area contributed by atoms with Crippen molar-refractivity contribution in [3.63, 3.8) is 0 Å².